The average molecular weight is 252 g/mol. The van der Waals surface area contributed by atoms with Crippen molar-refractivity contribution >= 4 is 24.5 Å². The van der Waals surface area contributed by atoms with Gasteiger partial charge >= 0.3 is 5.97 Å². The summed E-state index contributed by atoms with van der Waals surface area (Å²) in [4.78, 5) is 11.1. The SMILES string of the molecule is CCOC(=O)/C=C/c1ccc(P(C)(C)=O)cc1. The summed E-state index contributed by atoms with van der Waals surface area (Å²) in [7, 11) is -2.20. The zero-order valence-corrected chi connectivity index (χ0v) is 11.2. The minimum absolute atomic E-state index is 0.353. The van der Waals surface area contributed by atoms with Gasteiger partial charge in [0.2, 0.25) is 0 Å². The van der Waals surface area contributed by atoms with Crippen molar-refractivity contribution in [3.63, 3.8) is 0 Å². The summed E-state index contributed by atoms with van der Waals surface area (Å²) in [6.07, 6.45) is 3.06. The molecule has 0 saturated carbocycles. The van der Waals surface area contributed by atoms with Gasteiger partial charge in [-0.15, -0.1) is 0 Å². The minimum Gasteiger partial charge on any atom is -0.463 e. The third-order valence-electron chi connectivity index (χ3n) is 2.21. The van der Waals surface area contributed by atoms with Gasteiger partial charge in [-0.05, 0) is 31.9 Å². The van der Waals surface area contributed by atoms with Crippen molar-refractivity contribution in [3.8, 4) is 0 Å². The molecule has 1 rings (SSSR count). The molecule has 1 aromatic rings. The van der Waals surface area contributed by atoms with Crippen LogP contribution in [0, 0.1) is 0 Å². The summed E-state index contributed by atoms with van der Waals surface area (Å²) in [5.74, 6) is -0.353. The predicted octanol–water partition coefficient (Wildman–Crippen LogP) is 2.51. The van der Waals surface area contributed by atoms with E-state index in [4.69, 9.17) is 4.74 Å². The first-order chi connectivity index (χ1) is 7.93. The van der Waals surface area contributed by atoms with Gasteiger partial charge in [0, 0.05) is 11.4 Å². The number of hydrogen-bond acceptors (Lipinski definition) is 3. The van der Waals surface area contributed by atoms with E-state index in [1.165, 1.54) is 6.08 Å². The second kappa shape index (κ2) is 5.83. The largest absolute Gasteiger partial charge is 0.463 e. The molecule has 0 spiro atoms. The maximum absolute atomic E-state index is 11.8. The fourth-order valence-electron chi connectivity index (χ4n) is 1.30. The second-order valence-electron chi connectivity index (χ2n) is 4.03. The lowest BCUT2D eigenvalue weighted by Gasteiger charge is -2.06. The molecule has 0 heterocycles. The fourth-order valence-corrected chi connectivity index (χ4v) is 2.17. The van der Waals surface area contributed by atoms with Crippen LogP contribution in [0.4, 0.5) is 0 Å². The molecule has 0 aromatic heterocycles. The third-order valence-corrected chi connectivity index (χ3v) is 3.76. The van der Waals surface area contributed by atoms with Crippen LogP contribution in [0.25, 0.3) is 6.08 Å². The molecule has 0 unspecified atom stereocenters. The molecule has 0 bridgehead atoms. The topological polar surface area (TPSA) is 43.4 Å². The van der Waals surface area contributed by atoms with Gasteiger partial charge in [-0.2, -0.15) is 0 Å². The molecule has 17 heavy (non-hydrogen) atoms. The monoisotopic (exact) mass is 252 g/mol. The van der Waals surface area contributed by atoms with Crippen molar-refractivity contribution in [3.05, 3.63) is 35.9 Å². The zero-order valence-electron chi connectivity index (χ0n) is 10.3. The van der Waals surface area contributed by atoms with Crippen LogP contribution in [0.3, 0.4) is 0 Å². The Kier molecular flexibility index (Phi) is 4.71. The summed E-state index contributed by atoms with van der Waals surface area (Å²) >= 11 is 0. The molecular weight excluding hydrogens is 235 g/mol. The Morgan fingerprint density at radius 3 is 2.35 bits per heavy atom. The molecule has 4 heteroatoms. The fraction of sp³-hybridized carbons (Fsp3) is 0.308. The Hall–Kier alpha value is -1.34. The maximum atomic E-state index is 11.8. The Balaban J connectivity index is 2.76. The molecule has 0 aliphatic rings. The Morgan fingerprint density at radius 2 is 1.88 bits per heavy atom. The molecule has 0 aliphatic carbocycles. The van der Waals surface area contributed by atoms with Gasteiger partial charge < -0.3 is 9.30 Å². The van der Waals surface area contributed by atoms with Crippen molar-refractivity contribution in [2.75, 3.05) is 19.9 Å². The summed E-state index contributed by atoms with van der Waals surface area (Å²) in [5.41, 5.74) is 0.884. The highest BCUT2D eigenvalue weighted by atomic mass is 31.2. The second-order valence-corrected chi connectivity index (χ2v) is 7.25. The number of ether oxygens (including phenoxy) is 1. The lowest BCUT2D eigenvalue weighted by molar-refractivity contribution is -0.137. The van der Waals surface area contributed by atoms with E-state index in [0.29, 0.717) is 6.61 Å². The highest BCUT2D eigenvalue weighted by Crippen LogP contribution is 2.34. The molecule has 0 N–H and O–H groups in total. The molecule has 0 amide bonds. The zero-order chi connectivity index (χ0) is 12.9. The van der Waals surface area contributed by atoms with E-state index >= 15 is 0 Å². The standard InChI is InChI=1S/C13H17O3P/c1-4-16-13(14)10-7-11-5-8-12(9-6-11)17(2,3)15/h5-10H,4H2,1-3H3/b10-7+. The molecule has 0 radical (unpaired) electrons. The van der Waals surface area contributed by atoms with Crippen molar-refractivity contribution in [1.82, 2.24) is 0 Å². The number of hydrogen-bond donors (Lipinski definition) is 0. The molecule has 92 valence electrons. The Bertz CT molecular complexity index is 454. The van der Waals surface area contributed by atoms with E-state index in [1.807, 2.05) is 24.3 Å². The van der Waals surface area contributed by atoms with Crippen LogP contribution in [0.1, 0.15) is 12.5 Å². The van der Waals surface area contributed by atoms with E-state index in [1.54, 1.807) is 26.3 Å². The van der Waals surface area contributed by atoms with Gasteiger partial charge in [-0.3, -0.25) is 0 Å². The summed E-state index contributed by atoms with van der Waals surface area (Å²) in [6.45, 7) is 5.60. The molecule has 3 nitrogen and oxygen atoms in total. The van der Waals surface area contributed by atoms with Crippen LogP contribution in [0.5, 0.6) is 0 Å². The lowest BCUT2D eigenvalue weighted by Crippen LogP contribution is -2.01. The maximum Gasteiger partial charge on any atom is 0.330 e. The first-order valence-corrected chi connectivity index (χ1v) is 8.04. The lowest BCUT2D eigenvalue weighted by atomic mass is 10.2. The molecule has 1 aromatic carbocycles. The van der Waals surface area contributed by atoms with Crippen molar-refractivity contribution in [2.24, 2.45) is 0 Å². The highest BCUT2D eigenvalue weighted by Gasteiger charge is 2.09. The quantitative estimate of drug-likeness (QED) is 0.470. The third kappa shape index (κ3) is 4.58. The van der Waals surface area contributed by atoms with Gasteiger partial charge in [0.1, 0.15) is 7.14 Å². The van der Waals surface area contributed by atoms with Crippen LogP contribution in [0.2, 0.25) is 0 Å². The molecule has 0 atom stereocenters. The van der Waals surface area contributed by atoms with Gasteiger partial charge in [0.25, 0.3) is 0 Å². The van der Waals surface area contributed by atoms with Crippen LogP contribution in [-0.2, 0) is 14.1 Å². The Labute approximate surface area is 102 Å². The molecule has 0 aliphatic heterocycles. The first-order valence-electron chi connectivity index (χ1n) is 5.44. The van der Waals surface area contributed by atoms with Crippen LogP contribution >= 0.6 is 7.14 Å². The highest BCUT2D eigenvalue weighted by molar-refractivity contribution is 7.70. The number of benzene rings is 1. The smallest absolute Gasteiger partial charge is 0.330 e. The number of carbonyl (C=O) groups excluding carboxylic acids is 1. The van der Waals surface area contributed by atoms with E-state index in [0.717, 1.165) is 10.9 Å². The molecule has 0 saturated heterocycles. The predicted molar refractivity (Wildman–Crippen MR) is 71.2 cm³/mol. The van der Waals surface area contributed by atoms with Gasteiger partial charge in [-0.1, -0.05) is 24.3 Å². The van der Waals surface area contributed by atoms with Crippen LogP contribution in [0.15, 0.2) is 30.3 Å². The van der Waals surface area contributed by atoms with Gasteiger partial charge in [0.15, 0.2) is 0 Å². The van der Waals surface area contributed by atoms with Gasteiger partial charge in [-0.25, -0.2) is 4.79 Å². The summed E-state index contributed by atoms with van der Waals surface area (Å²) in [6, 6.07) is 7.33. The molecule has 0 fully saturated rings. The number of rotatable bonds is 4. The van der Waals surface area contributed by atoms with Crippen LogP contribution < -0.4 is 5.30 Å². The average Bonchev–Trinajstić information content (AvgIpc) is 2.26. The van der Waals surface area contributed by atoms with Crippen molar-refractivity contribution in [1.29, 1.82) is 0 Å². The van der Waals surface area contributed by atoms with E-state index in [9.17, 15) is 9.36 Å². The number of carbonyl (C=O) groups is 1. The van der Waals surface area contributed by atoms with Crippen LogP contribution in [-0.4, -0.2) is 25.9 Å². The van der Waals surface area contributed by atoms with E-state index in [-0.39, 0.29) is 5.97 Å². The molecular formula is C13H17O3P. The number of esters is 1. The summed E-state index contributed by atoms with van der Waals surface area (Å²) in [5, 5.41) is 0.839. The van der Waals surface area contributed by atoms with E-state index in [2.05, 4.69) is 0 Å². The Morgan fingerprint density at radius 1 is 1.29 bits per heavy atom. The van der Waals surface area contributed by atoms with Crippen molar-refractivity contribution < 1.29 is 14.1 Å². The van der Waals surface area contributed by atoms with Gasteiger partial charge in [0.05, 0.1) is 6.61 Å². The van der Waals surface area contributed by atoms with E-state index < -0.39 is 7.14 Å². The minimum atomic E-state index is -2.20. The normalized spacial score (nSPS) is 11.7. The first kappa shape index (κ1) is 13.7. The summed E-state index contributed by atoms with van der Waals surface area (Å²) < 4.78 is 16.6. The van der Waals surface area contributed by atoms with Crippen molar-refractivity contribution in [2.45, 2.75) is 6.92 Å².